The molecule has 1 aliphatic rings. The molecule has 24 heavy (non-hydrogen) atoms. The van der Waals surface area contributed by atoms with Gasteiger partial charge in [-0.15, -0.1) is 0 Å². The minimum atomic E-state index is -0.249. The Bertz CT molecular complexity index is 596. The van der Waals surface area contributed by atoms with Crippen molar-refractivity contribution in [3.63, 3.8) is 0 Å². The summed E-state index contributed by atoms with van der Waals surface area (Å²) in [4.78, 5) is 18.9. The first-order valence-corrected chi connectivity index (χ1v) is 8.71. The Labute approximate surface area is 145 Å². The molecule has 0 aliphatic carbocycles. The van der Waals surface area contributed by atoms with E-state index < -0.39 is 0 Å². The Morgan fingerprint density at radius 3 is 2.62 bits per heavy atom. The van der Waals surface area contributed by atoms with Crippen molar-refractivity contribution in [2.75, 3.05) is 13.1 Å². The lowest BCUT2D eigenvalue weighted by atomic mass is 10.00. The lowest BCUT2D eigenvalue weighted by molar-refractivity contribution is 0.0919. The summed E-state index contributed by atoms with van der Waals surface area (Å²) in [5, 5.41) is 2.98. The largest absolute Gasteiger partial charge is 0.370 e. The fraction of sp³-hybridized carbons (Fsp3) is 0.579. The fourth-order valence-corrected chi connectivity index (χ4v) is 2.73. The number of nitrogens with one attached hydrogen (secondary N) is 1. The zero-order valence-corrected chi connectivity index (χ0v) is 15.3. The number of carbonyl (C=O) groups excluding carboxylic acids is 1. The van der Waals surface area contributed by atoms with E-state index in [9.17, 15) is 4.79 Å². The molecule has 0 spiro atoms. The smallest absolute Gasteiger partial charge is 0.251 e. The van der Waals surface area contributed by atoms with E-state index in [2.05, 4.69) is 22.1 Å². The summed E-state index contributed by atoms with van der Waals surface area (Å²) >= 11 is 0. The van der Waals surface area contributed by atoms with Gasteiger partial charge < -0.3 is 16.0 Å². The van der Waals surface area contributed by atoms with Crippen LogP contribution in [-0.4, -0.2) is 35.4 Å². The van der Waals surface area contributed by atoms with E-state index >= 15 is 0 Å². The highest BCUT2D eigenvalue weighted by Gasteiger charge is 2.17. The van der Waals surface area contributed by atoms with Crippen molar-refractivity contribution in [1.82, 2.24) is 10.2 Å². The summed E-state index contributed by atoms with van der Waals surface area (Å²) in [6.07, 6.45) is 2.33. The van der Waals surface area contributed by atoms with Gasteiger partial charge in [-0.25, -0.2) is 4.99 Å². The Balaban J connectivity index is 1.99. The fourth-order valence-electron chi connectivity index (χ4n) is 2.73. The van der Waals surface area contributed by atoms with Gasteiger partial charge in [0.15, 0.2) is 5.96 Å². The summed E-state index contributed by atoms with van der Waals surface area (Å²) in [5.41, 5.74) is 7.52. The Kier molecular flexibility index (Phi) is 5.86. The Morgan fingerprint density at radius 2 is 2.00 bits per heavy atom. The topological polar surface area (TPSA) is 70.7 Å². The predicted octanol–water partition coefficient (Wildman–Crippen LogP) is 2.76. The molecule has 1 aliphatic heterocycles. The third-order valence-corrected chi connectivity index (χ3v) is 4.21. The highest BCUT2D eigenvalue weighted by Crippen LogP contribution is 2.16. The number of benzene rings is 1. The van der Waals surface area contributed by atoms with Crippen LogP contribution in [0.4, 0.5) is 0 Å². The standard InChI is InChI=1S/C19H30N4O/c1-14-8-10-23(11-9-14)18(20)21-13-15-6-5-7-16(12-15)17(24)22-19(2,3)4/h5-7,12,14H,8-11,13H2,1-4H3,(H2,20,21)(H,22,24). The molecule has 0 aromatic heterocycles. The van der Waals surface area contributed by atoms with Crippen LogP contribution in [-0.2, 0) is 6.54 Å². The number of aliphatic imine (C=N–C) groups is 1. The molecule has 1 fully saturated rings. The Hall–Kier alpha value is -2.04. The zero-order chi connectivity index (χ0) is 17.7. The van der Waals surface area contributed by atoms with Crippen molar-refractivity contribution in [2.24, 2.45) is 16.6 Å². The van der Waals surface area contributed by atoms with E-state index in [1.165, 1.54) is 12.8 Å². The van der Waals surface area contributed by atoms with Crippen LogP contribution in [0.15, 0.2) is 29.3 Å². The van der Waals surface area contributed by atoms with Crippen molar-refractivity contribution in [3.8, 4) is 0 Å². The van der Waals surface area contributed by atoms with E-state index in [-0.39, 0.29) is 11.4 Å². The summed E-state index contributed by atoms with van der Waals surface area (Å²) in [5.74, 6) is 1.31. The van der Waals surface area contributed by atoms with Crippen molar-refractivity contribution < 1.29 is 4.79 Å². The summed E-state index contributed by atoms with van der Waals surface area (Å²) in [6.45, 7) is 10.6. The monoisotopic (exact) mass is 330 g/mol. The lowest BCUT2D eigenvalue weighted by Gasteiger charge is -2.31. The molecule has 132 valence electrons. The first-order chi connectivity index (χ1) is 11.2. The molecule has 5 nitrogen and oxygen atoms in total. The Morgan fingerprint density at radius 1 is 1.33 bits per heavy atom. The number of nitrogens with zero attached hydrogens (tertiary/aromatic N) is 2. The van der Waals surface area contributed by atoms with Gasteiger partial charge in [0.05, 0.1) is 6.54 Å². The SMILES string of the molecule is CC1CCN(C(N)=NCc2cccc(C(=O)NC(C)(C)C)c2)CC1. The highest BCUT2D eigenvalue weighted by molar-refractivity contribution is 5.94. The van der Waals surface area contributed by atoms with E-state index in [0.29, 0.717) is 18.1 Å². The molecule has 3 N–H and O–H groups in total. The number of hydrogen-bond donors (Lipinski definition) is 2. The number of likely N-dealkylation sites (tertiary alicyclic amines) is 1. The molecule has 1 saturated heterocycles. The van der Waals surface area contributed by atoms with Gasteiger partial charge >= 0.3 is 0 Å². The van der Waals surface area contributed by atoms with Gasteiger partial charge in [0, 0.05) is 24.2 Å². The molecule has 2 rings (SSSR count). The van der Waals surface area contributed by atoms with Gasteiger partial charge in [-0.3, -0.25) is 4.79 Å². The number of nitrogens with two attached hydrogens (primary N) is 1. The van der Waals surface area contributed by atoms with E-state index in [0.717, 1.165) is 24.6 Å². The summed E-state index contributed by atoms with van der Waals surface area (Å²) < 4.78 is 0. The van der Waals surface area contributed by atoms with E-state index in [1.807, 2.05) is 45.0 Å². The van der Waals surface area contributed by atoms with Crippen LogP contribution >= 0.6 is 0 Å². The third-order valence-electron chi connectivity index (χ3n) is 4.21. The summed E-state index contributed by atoms with van der Waals surface area (Å²) in [7, 11) is 0. The minimum Gasteiger partial charge on any atom is -0.370 e. The first-order valence-electron chi connectivity index (χ1n) is 8.71. The number of piperidine rings is 1. The molecular weight excluding hydrogens is 300 g/mol. The summed E-state index contributed by atoms with van der Waals surface area (Å²) in [6, 6.07) is 7.57. The minimum absolute atomic E-state index is 0.0636. The number of guanidine groups is 1. The number of rotatable bonds is 3. The maximum atomic E-state index is 12.2. The lowest BCUT2D eigenvalue weighted by Crippen LogP contribution is -2.42. The molecule has 0 bridgehead atoms. The van der Waals surface area contributed by atoms with Gasteiger partial charge in [-0.2, -0.15) is 0 Å². The number of carbonyl (C=O) groups is 1. The first kappa shape index (κ1) is 18.3. The van der Waals surface area contributed by atoms with Gasteiger partial charge in [0.2, 0.25) is 0 Å². The second-order valence-electron chi connectivity index (χ2n) is 7.75. The highest BCUT2D eigenvalue weighted by atomic mass is 16.1. The van der Waals surface area contributed by atoms with Crippen LogP contribution in [0.25, 0.3) is 0 Å². The molecule has 0 atom stereocenters. The molecular formula is C19H30N4O. The molecule has 1 aromatic rings. The van der Waals surface area contributed by atoms with Crippen molar-refractivity contribution in [2.45, 2.75) is 52.6 Å². The third kappa shape index (κ3) is 5.55. The molecule has 0 unspecified atom stereocenters. The van der Waals surface area contributed by atoms with Crippen molar-refractivity contribution in [3.05, 3.63) is 35.4 Å². The van der Waals surface area contributed by atoms with Gasteiger partial charge in [0.25, 0.3) is 5.91 Å². The van der Waals surface area contributed by atoms with Crippen LogP contribution in [0.2, 0.25) is 0 Å². The molecule has 5 heteroatoms. The van der Waals surface area contributed by atoms with Crippen LogP contribution in [0, 0.1) is 5.92 Å². The molecule has 1 aromatic carbocycles. The maximum Gasteiger partial charge on any atom is 0.251 e. The van der Waals surface area contributed by atoms with E-state index in [4.69, 9.17) is 5.73 Å². The molecule has 0 radical (unpaired) electrons. The molecule has 0 saturated carbocycles. The average molecular weight is 330 g/mol. The van der Waals surface area contributed by atoms with Crippen LogP contribution < -0.4 is 11.1 Å². The second-order valence-corrected chi connectivity index (χ2v) is 7.75. The van der Waals surface area contributed by atoms with Gasteiger partial charge in [0.1, 0.15) is 0 Å². The van der Waals surface area contributed by atoms with Crippen LogP contribution in [0.5, 0.6) is 0 Å². The maximum absolute atomic E-state index is 12.2. The number of hydrogen-bond acceptors (Lipinski definition) is 2. The van der Waals surface area contributed by atoms with Crippen LogP contribution in [0.1, 0.15) is 56.5 Å². The van der Waals surface area contributed by atoms with Gasteiger partial charge in [-0.05, 0) is 57.2 Å². The predicted molar refractivity (Wildman–Crippen MR) is 99.0 cm³/mol. The van der Waals surface area contributed by atoms with Crippen LogP contribution in [0.3, 0.4) is 0 Å². The van der Waals surface area contributed by atoms with Crippen molar-refractivity contribution in [1.29, 1.82) is 0 Å². The van der Waals surface area contributed by atoms with Crippen molar-refractivity contribution >= 4 is 11.9 Å². The second kappa shape index (κ2) is 7.69. The zero-order valence-electron chi connectivity index (χ0n) is 15.3. The number of amides is 1. The average Bonchev–Trinajstić information content (AvgIpc) is 2.52. The molecule has 1 heterocycles. The normalized spacial score (nSPS) is 17.0. The van der Waals surface area contributed by atoms with E-state index in [1.54, 1.807) is 0 Å². The van der Waals surface area contributed by atoms with Gasteiger partial charge in [-0.1, -0.05) is 19.1 Å². The molecule has 1 amide bonds. The quantitative estimate of drug-likeness (QED) is 0.661.